The molecule has 2 atom stereocenters. The summed E-state index contributed by atoms with van der Waals surface area (Å²) in [6.45, 7) is 8.04. The second-order valence-corrected chi connectivity index (χ2v) is 9.05. The van der Waals surface area contributed by atoms with Gasteiger partial charge in [-0.1, -0.05) is 12.1 Å². The van der Waals surface area contributed by atoms with E-state index in [-0.39, 0.29) is 12.1 Å². The minimum absolute atomic E-state index is 0.0277. The lowest BCUT2D eigenvalue weighted by atomic mass is 9.94. The fraction of sp³-hybridized carbons (Fsp3) is 0.462. The molecule has 3 aliphatic heterocycles. The number of fused-ring (bicyclic) bond motifs is 2. The summed E-state index contributed by atoms with van der Waals surface area (Å²) in [6.07, 6.45) is 0.952. The number of cyclic esters (lactones) is 1. The molecule has 2 saturated heterocycles. The van der Waals surface area contributed by atoms with Crippen LogP contribution < -0.4 is 4.74 Å². The van der Waals surface area contributed by atoms with Gasteiger partial charge in [-0.3, -0.25) is 4.90 Å². The van der Waals surface area contributed by atoms with Crippen LogP contribution in [0.1, 0.15) is 44.3 Å². The summed E-state index contributed by atoms with van der Waals surface area (Å²) >= 11 is 0. The van der Waals surface area contributed by atoms with Crippen molar-refractivity contribution in [2.75, 3.05) is 46.4 Å². The summed E-state index contributed by atoms with van der Waals surface area (Å²) < 4.78 is 16.9. The highest BCUT2D eigenvalue weighted by Crippen LogP contribution is 2.33. The zero-order valence-corrected chi connectivity index (χ0v) is 19.2. The maximum Gasteiger partial charge on any atom is 0.338 e. The number of piperazine rings is 1. The van der Waals surface area contributed by atoms with Gasteiger partial charge >= 0.3 is 5.97 Å². The van der Waals surface area contributed by atoms with Gasteiger partial charge in [0.05, 0.1) is 30.9 Å². The van der Waals surface area contributed by atoms with Gasteiger partial charge in [0.1, 0.15) is 18.4 Å². The Morgan fingerprint density at radius 3 is 2.91 bits per heavy atom. The number of ether oxygens (including phenoxy) is 3. The Balaban J connectivity index is 1.18. The average Bonchev–Trinajstić information content (AvgIpc) is 3.23. The first-order valence-corrected chi connectivity index (χ1v) is 11.5. The summed E-state index contributed by atoms with van der Waals surface area (Å²) in [6, 6.07) is 12.3. The molecule has 2 aromatic carbocycles. The molecule has 172 valence electrons. The first kappa shape index (κ1) is 21.9. The number of nitrogens with zero attached hydrogens (tertiary/aromatic N) is 3. The Hall–Kier alpha value is -2.92. The van der Waals surface area contributed by atoms with Gasteiger partial charge in [-0.2, -0.15) is 5.26 Å². The van der Waals surface area contributed by atoms with Gasteiger partial charge in [0, 0.05) is 44.3 Å². The van der Waals surface area contributed by atoms with Crippen molar-refractivity contribution in [2.24, 2.45) is 0 Å². The van der Waals surface area contributed by atoms with Crippen LogP contribution in [0.3, 0.4) is 0 Å². The molecule has 2 fully saturated rings. The highest BCUT2D eigenvalue weighted by Gasteiger charge is 2.35. The predicted molar refractivity (Wildman–Crippen MR) is 122 cm³/mol. The third kappa shape index (κ3) is 4.22. The summed E-state index contributed by atoms with van der Waals surface area (Å²) in [4.78, 5) is 16.9. The van der Waals surface area contributed by atoms with E-state index < -0.39 is 0 Å². The van der Waals surface area contributed by atoms with Crippen molar-refractivity contribution >= 4 is 5.97 Å². The molecule has 0 spiro atoms. The lowest BCUT2D eigenvalue weighted by molar-refractivity contribution is -0.0903. The number of nitriles is 1. The number of hydrogen-bond acceptors (Lipinski definition) is 7. The highest BCUT2D eigenvalue weighted by molar-refractivity contribution is 5.93. The number of carbonyl (C=O) groups excluding carboxylic acids is 1. The maximum atomic E-state index is 11.8. The lowest BCUT2D eigenvalue weighted by Crippen LogP contribution is -2.58. The van der Waals surface area contributed by atoms with Crippen LogP contribution in [0.25, 0.3) is 0 Å². The molecular formula is C26H29N3O4. The molecule has 0 aromatic heterocycles. The Kier molecular flexibility index (Phi) is 6.07. The second-order valence-electron chi connectivity index (χ2n) is 9.05. The number of morpholine rings is 1. The molecule has 0 bridgehead atoms. The topological polar surface area (TPSA) is 75.0 Å². The Morgan fingerprint density at radius 1 is 1.21 bits per heavy atom. The van der Waals surface area contributed by atoms with Crippen LogP contribution in [0.15, 0.2) is 30.3 Å². The van der Waals surface area contributed by atoms with Gasteiger partial charge in [0.15, 0.2) is 0 Å². The maximum absolute atomic E-state index is 11.8. The van der Waals surface area contributed by atoms with E-state index in [0.29, 0.717) is 36.1 Å². The van der Waals surface area contributed by atoms with E-state index in [0.717, 1.165) is 50.3 Å². The number of hydrogen-bond donors (Lipinski definition) is 0. The number of rotatable bonds is 5. The summed E-state index contributed by atoms with van der Waals surface area (Å²) in [7, 11) is 1.60. The van der Waals surface area contributed by atoms with E-state index in [9.17, 15) is 4.79 Å². The van der Waals surface area contributed by atoms with Gasteiger partial charge in [0.25, 0.3) is 0 Å². The second kappa shape index (κ2) is 9.14. The molecule has 0 N–H and O–H groups in total. The number of methoxy groups -OCH3 is 1. The molecule has 0 amide bonds. The molecule has 3 aliphatic rings. The first-order valence-electron chi connectivity index (χ1n) is 11.5. The number of carbonyl (C=O) groups is 1. The van der Waals surface area contributed by atoms with Crippen molar-refractivity contribution < 1.29 is 19.0 Å². The van der Waals surface area contributed by atoms with E-state index in [2.05, 4.69) is 22.8 Å². The average molecular weight is 448 g/mol. The Morgan fingerprint density at radius 2 is 2.09 bits per heavy atom. The quantitative estimate of drug-likeness (QED) is 0.653. The van der Waals surface area contributed by atoms with Crippen LogP contribution in [0.4, 0.5) is 0 Å². The molecular weight excluding hydrogens is 418 g/mol. The van der Waals surface area contributed by atoms with E-state index in [4.69, 9.17) is 19.5 Å². The van der Waals surface area contributed by atoms with E-state index in [1.807, 2.05) is 30.3 Å². The predicted octanol–water partition coefficient (Wildman–Crippen LogP) is 2.85. The molecule has 0 radical (unpaired) electrons. The highest BCUT2D eigenvalue weighted by atomic mass is 16.5. The van der Waals surface area contributed by atoms with Crippen LogP contribution in [0.5, 0.6) is 5.75 Å². The fourth-order valence-corrected chi connectivity index (χ4v) is 5.23. The van der Waals surface area contributed by atoms with Crippen molar-refractivity contribution in [3.63, 3.8) is 0 Å². The van der Waals surface area contributed by atoms with Gasteiger partial charge < -0.3 is 19.1 Å². The van der Waals surface area contributed by atoms with Crippen LogP contribution in [0.2, 0.25) is 0 Å². The third-order valence-electron chi connectivity index (χ3n) is 7.24. The van der Waals surface area contributed by atoms with Crippen molar-refractivity contribution in [3.05, 3.63) is 63.7 Å². The van der Waals surface area contributed by atoms with E-state index in [1.165, 1.54) is 11.1 Å². The van der Waals surface area contributed by atoms with Crippen molar-refractivity contribution in [1.82, 2.24) is 9.80 Å². The first-order chi connectivity index (χ1) is 16.1. The molecule has 33 heavy (non-hydrogen) atoms. The zero-order chi connectivity index (χ0) is 22.9. The standard InChI is InChI=1S/C26H29N3O4/c1-17-21(5-6-22-23(17)16-33-26(22)30)25-14-29-10-9-28(13-20(29)15-32-25)8-7-18-3-4-19(12-27)24(11-18)31-2/h3-6,11,20,25H,7-10,13-16H2,1-2H3. The normalized spacial score (nSPS) is 22.9. The van der Waals surface area contributed by atoms with Crippen LogP contribution in [0, 0.1) is 18.3 Å². The van der Waals surface area contributed by atoms with Crippen LogP contribution in [-0.4, -0.2) is 68.3 Å². The van der Waals surface area contributed by atoms with Crippen LogP contribution >= 0.6 is 0 Å². The number of esters is 1. The van der Waals surface area contributed by atoms with Crippen molar-refractivity contribution in [3.8, 4) is 11.8 Å². The minimum atomic E-state index is -0.222. The Bertz CT molecular complexity index is 1110. The van der Waals surface area contributed by atoms with Crippen molar-refractivity contribution in [1.29, 1.82) is 5.26 Å². The molecule has 2 aromatic rings. The molecule has 7 nitrogen and oxygen atoms in total. The molecule has 0 aliphatic carbocycles. The smallest absolute Gasteiger partial charge is 0.338 e. The largest absolute Gasteiger partial charge is 0.495 e. The zero-order valence-electron chi connectivity index (χ0n) is 19.2. The minimum Gasteiger partial charge on any atom is -0.495 e. The monoisotopic (exact) mass is 447 g/mol. The number of benzene rings is 2. The molecule has 3 heterocycles. The van der Waals surface area contributed by atoms with Gasteiger partial charge in [-0.25, -0.2) is 4.79 Å². The SMILES string of the molecule is COc1cc(CCN2CCN3CC(c4ccc5c(c4C)COC5=O)OCC3C2)ccc1C#N. The van der Waals surface area contributed by atoms with Gasteiger partial charge in [0.2, 0.25) is 0 Å². The molecule has 2 unspecified atom stereocenters. The van der Waals surface area contributed by atoms with Crippen LogP contribution in [-0.2, 0) is 22.5 Å². The van der Waals surface area contributed by atoms with Crippen molar-refractivity contribution in [2.45, 2.75) is 32.1 Å². The summed E-state index contributed by atoms with van der Waals surface area (Å²) in [5.74, 6) is 0.421. The Labute approximate surface area is 194 Å². The van der Waals surface area contributed by atoms with E-state index in [1.54, 1.807) is 7.11 Å². The van der Waals surface area contributed by atoms with Gasteiger partial charge in [-0.15, -0.1) is 0 Å². The molecule has 5 rings (SSSR count). The fourth-order valence-electron chi connectivity index (χ4n) is 5.23. The summed E-state index contributed by atoms with van der Waals surface area (Å²) in [5.41, 5.74) is 5.75. The van der Waals surface area contributed by atoms with E-state index >= 15 is 0 Å². The summed E-state index contributed by atoms with van der Waals surface area (Å²) in [5, 5.41) is 9.17. The molecule has 7 heteroatoms. The van der Waals surface area contributed by atoms with Gasteiger partial charge in [-0.05, 0) is 48.2 Å². The lowest BCUT2D eigenvalue weighted by Gasteiger charge is -2.46. The molecule has 0 saturated carbocycles. The third-order valence-corrected chi connectivity index (χ3v) is 7.24.